The first-order valence-electron chi connectivity index (χ1n) is 9.13. The molecule has 0 aliphatic rings. The first-order valence-corrected chi connectivity index (χ1v) is 9.13. The smallest absolute Gasteiger partial charge is 0.204 e. The van der Waals surface area contributed by atoms with Crippen molar-refractivity contribution in [3.8, 4) is 28.4 Å². The van der Waals surface area contributed by atoms with Crippen molar-refractivity contribution in [3.05, 3.63) is 51.4 Å². The molecule has 0 atom stereocenters. The molecule has 0 fully saturated rings. The maximum Gasteiger partial charge on any atom is 0.204 e. The van der Waals surface area contributed by atoms with Gasteiger partial charge in [-0.1, -0.05) is 26.0 Å². The summed E-state index contributed by atoms with van der Waals surface area (Å²) in [7, 11) is 0. The molecule has 0 unspecified atom stereocenters. The highest BCUT2D eigenvalue weighted by molar-refractivity contribution is 6.16. The van der Waals surface area contributed by atoms with Crippen LogP contribution < -0.4 is 5.43 Å². The third kappa shape index (κ3) is 3.14. The highest BCUT2D eigenvalue weighted by Gasteiger charge is 2.30. The van der Waals surface area contributed by atoms with Crippen molar-refractivity contribution in [2.24, 2.45) is 0 Å². The van der Waals surface area contributed by atoms with E-state index in [0.717, 1.165) is 0 Å². The van der Waals surface area contributed by atoms with E-state index in [4.69, 9.17) is 4.42 Å². The minimum absolute atomic E-state index is 0.00430. The zero-order chi connectivity index (χ0) is 21.5. The standard InChI is InChI=1S/C22H20O7/c1-4-13(24)16-20(27)17(14(25)5-2)22-18(21(16)28)19(26)15(10(3)29-22)11-6-8-12(23)9-7-11/h6-9,23,27-28H,4-5H2,1-3H3. The highest BCUT2D eigenvalue weighted by atomic mass is 16.3. The van der Waals surface area contributed by atoms with Crippen molar-refractivity contribution in [2.75, 3.05) is 0 Å². The third-order valence-corrected chi connectivity index (χ3v) is 4.82. The van der Waals surface area contributed by atoms with Crippen molar-refractivity contribution >= 4 is 22.5 Å². The van der Waals surface area contributed by atoms with Crippen LogP contribution in [-0.2, 0) is 0 Å². The molecule has 0 bridgehead atoms. The number of phenols is 3. The molecule has 0 aliphatic heterocycles. The van der Waals surface area contributed by atoms with E-state index in [9.17, 15) is 29.7 Å². The van der Waals surface area contributed by atoms with Gasteiger partial charge in [0.05, 0.1) is 5.56 Å². The lowest BCUT2D eigenvalue weighted by Crippen LogP contribution is -2.13. The highest BCUT2D eigenvalue weighted by Crippen LogP contribution is 2.41. The number of Topliss-reactive ketones (excluding diaryl/α,β-unsaturated/α-hetero) is 2. The molecule has 0 radical (unpaired) electrons. The second kappa shape index (κ2) is 7.43. The number of phenolic OH excluding ortho intramolecular Hbond substituents is 3. The van der Waals surface area contributed by atoms with Gasteiger partial charge >= 0.3 is 0 Å². The van der Waals surface area contributed by atoms with Gasteiger partial charge in [0.1, 0.15) is 39.5 Å². The molecular weight excluding hydrogens is 376 g/mol. The van der Waals surface area contributed by atoms with Gasteiger partial charge in [-0.05, 0) is 24.6 Å². The summed E-state index contributed by atoms with van der Waals surface area (Å²) in [6, 6.07) is 5.81. The lowest BCUT2D eigenvalue weighted by atomic mass is 9.93. The van der Waals surface area contributed by atoms with Crippen molar-refractivity contribution in [1.29, 1.82) is 0 Å². The number of aryl methyl sites for hydroxylation is 1. The quantitative estimate of drug-likeness (QED) is 0.555. The van der Waals surface area contributed by atoms with Crippen LogP contribution in [0, 0.1) is 6.92 Å². The van der Waals surface area contributed by atoms with Gasteiger partial charge in [0.2, 0.25) is 5.43 Å². The Bertz CT molecular complexity index is 1200. The summed E-state index contributed by atoms with van der Waals surface area (Å²) in [6.07, 6.45) is -0.0515. The molecule has 150 valence electrons. The molecule has 0 spiro atoms. The molecule has 0 aliphatic carbocycles. The number of hydrogen-bond acceptors (Lipinski definition) is 7. The topological polar surface area (TPSA) is 125 Å². The van der Waals surface area contributed by atoms with Crippen LogP contribution >= 0.6 is 0 Å². The van der Waals surface area contributed by atoms with Crippen molar-refractivity contribution < 1.29 is 29.3 Å². The second-order valence-electron chi connectivity index (χ2n) is 6.61. The van der Waals surface area contributed by atoms with Gasteiger partial charge in [0, 0.05) is 12.8 Å². The van der Waals surface area contributed by atoms with Gasteiger partial charge in [0.15, 0.2) is 17.1 Å². The number of fused-ring (bicyclic) bond motifs is 1. The van der Waals surface area contributed by atoms with E-state index in [2.05, 4.69) is 0 Å². The van der Waals surface area contributed by atoms with Crippen molar-refractivity contribution in [2.45, 2.75) is 33.6 Å². The van der Waals surface area contributed by atoms with E-state index in [-0.39, 0.29) is 46.4 Å². The molecule has 1 heterocycles. The van der Waals surface area contributed by atoms with Crippen LogP contribution in [0.5, 0.6) is 17.2 Å². The fourth-order valence-corrected chi connectivity index (χ4v) is 3.34. The molecule has 3 rings (SSSR count). The molecule has 0 saturated heterocycles. The van der Waals surface area contributed by atoms with Gasteiger partial charge in [-0.15, -0.1) is 0 Å². The normalized spacial score (nSPS) is 11.0. The number of carbonyl (C=O) groups is 2. The van der Waals surface area contributed by atoms with E-state index in [0.29, 0.717) is 5.56 Å². The molecular formula is C22H20O7. The SMILES string of the molecule is CCC(=O)c1c(O)c(C(=O)CC)c2oc(C)c(-c3ccc(O)cc3)c(=O)c2c1O. The first kappa shape index (κ1) is 20.1. The largest absolute Gasteiger partial charge is 0.508 e. The summed E-state index contributed by atoms with van der Waals surface area (Å²) in [4.78, 5) is 38.1. The van der Waals surface area contributed by atoms with Crippen LogP contribution in [0.25, 0.3) is 22.1 Å². The summed E-state index contributed by atoms with van der Waals surface area (Å²) >= 11 is 0. The van der Waals surface area contributed by atoms with Crippen LogP contribution in [0.2, 0.25) is 0 Å². The third-order valence-electron chi connectivity index (χ3n) is 4.82. The van der Waals surface area contributed by atoms with Crippen molar-refractivity contribution in [1.82, 2.24) is 0 Å². The van der Waals surface area contributed by atoms with Crippen molar-refractivity contribution in [3.63, 3.8) is 0 Å². The fourth-order valence-electron chi connectivity index (χ4n) is 3.34. The zero-order valence-electron chi connectivity index (χ0n) is 16.2. The average molecular weight is 396 g/mol. The van der Waals surface area contributed by atoms with Gasteiger partial charge in [-0.3, -0.25) is 14.4 Å². The van der Waals surface area contributed by atoms with E-state index < -0.39 is 34.1 Å². The summed E-state index contributed by atoms with van der Waals surface area (Å²) < 4.78 is 5.73. The Kier molecular flexibility index (Phi) is 5.16. The number of hydrogen-bond donors (Lipinski definition) is 3. The summed E-state index contributed by atoms with van der Waals surface area (Å²) in [6.45, 7) is 4.62. The Labute approximate surface area is 165 Å². The summed E-state index contributed by atoms with van der Waals surface area (Å²) in [5, 5.41) is 30.4. The predicted octanol–water partition coefficient (Wildman–Crippen LogP) is 4.07. The van der Waals surface area contributed by atoms with Crippen LogP contribution in [-0.4, -0.2) is 26.9 Å². The van der Waals surface area contributed by atoms with Gasteiger partial charge in [-0.25, -0.2) is 0 Å². The minimum Gasteiger partial charge on any atom is -0.508 e. The Hall–Kier alpha value is -3.61. The fraction of sp³-hybridized carbons (Fsp3) is 0.227. The Morgan fingerprint density at radius 1 is 0.897 bits per heavy atom. The Morgan fingerprint density at radius 2 is 1.45 bits per heavy atom. The first-order chi connectivity index (χ1) is 13.7. The molecule has 7 heteroatoms. The lowest BCUT2D eigenvalue weighted by molar-refractivity contribution is 0.0982. The molecule has 0 amide bonds. The minimum atomic E-state index is -0.717. The van der Waals surface area contributed by atoms with Gasteiger partial charge < -0.3 is 19.7 Å². The average Bonchev–Trinajstić information content (AvgIpc) is 2.68. The lowest BCUT2D eigenvalue weighted by Gasteiger charge is -2.15. The Balaban J connectivity index is 2.54. The molecule has 3 N–H and O–H groups in total. The van der Waals surface area contributed by atoms with E-state index in [1.54, 1.807) is 6.92 Å². The maximum absolute atomic E-state index is 13.3. The monoisotopic (exact) mass is 396 g/mol. The molecule has 1 aromatic heterocycles. The molecule has 3 aromatic rings. The van der Waals surface area contributed by atoms with Gasteiger partial charge in [0.25, 0.3) is 0 Å². The van der Waals surface area contributed by atoms with Crippen LogP contribution in [0.1, 0.15) is 53.2 Å². The number of benzene rings is 2. The predicted molar refractivity (Wildman–Crippen MR) is 107 cm³/mol. The number of rotatable bonds is 5. The zero-order valence-corrected chi connectivity index (χ0v) is 16.2. The summed E-state index contributed by atoms with van der Waals surface area (Å²) in [5.74, 6) is -2.38. The van der Waals surface area contributed by atoms with E-state index >= 15 is 0 Å². The molecule has 2 aromatic carbocycles. The van der Waals surface area contributed by atoms with Crippen LogP contribution in [0.3, 0.4) is 0 Å². The molecule has 29 heavy (non-hydrogen) atoms. The second-order valence-corrected chi connectivity index (χ2v) is 6.61. The van der Waals surface area contributed by atoms with E-state index in [1.807, 2.05) is 0 Å². The van der Waals surface area contributed by atoms with Crippen LogP contribution in [0.15, 0.2) is 33.5 Å². The molecule has 0 saturated carbocycles. The van der Waals surface area contributed by atoms with E-state index in [1.165, 1.54) is 38.1 Å². The number of ketones is 2. The molecule has 7 nitrogen and oxygen atoms in total. The number of carbonyl (C=O) groups excluding carboxylic acids is 2. The maximum atomic E-state index is 13.3. The number of aromatic hydroxyl groups is 3. The summed E-state index contributed by atoms with van der Waals surface area (Å²) in [5.41, 5.74) is -1.13. The van der Waals surface area contributed by atoms with Gasteiger partial charge in [-0.2, -0.15) is 0 Å². The Morgan fingerprint density at radius 3 is 2.00 bits per heavy atom. The van der Waals surface area contributed by atoms with Crippen LogP contribution in [0.4, 0.5) is 0 Å².